The van der Waals surface area contributed by atoms with Gasteiger partial charge in [-0.3, -0.25) is 9.88 Å². The van der Waals surface area contributed by atoms with E-state index in [1.807, 2.05) is 0 Å². The smallest absolute Gasteiger partial charge is 0.141 e. The molecule has 3 rings (SSSR count). The summed E-state index contributed by atoms with van der Waals surface area (Å²) in [5, 5.41) is 3.55. The van der Waals surface area contributed by atoms with Gasteiger partial charge in [-0.2, -0.15) is 0 Å². The van der Waals surface area contributed by atoms with E-state index in [4.69, 9.17) is 0 Å². The van der Waals surface area contributed by atoms with E-state index < -0.39 is 0 Å². The lowest BCUT2D eigenvalue weighted by molar-refractivity contribution is 0.0414. The zero-order valence-electron chi connectivity index (χ0n) is 12.2. The average molecular weight is 277 g/mol. The van der Waals surface area contributed by atoms with Gasteiger partial charge >= 0.3 is 0 Å². The number of piperidine rings is 2. The van der Waals surface area contributed by atoms with Gasteiger partial charge < -0.3 is 5.32 Å². The minimum absolute atomic E-state index is 0.236. The molecule has 1 N–H and O–H groups in total. The van der Waals surface area contributed by atoms with Crippen LogP contribution in [0.15, 0.2) is 18.5 Å². The number of halogens is 1. The summed E-state index contributed by atoms with van der Waals surface area (Å²) >= 11 is 0. The van der Waals surface area contributed by atoms with E-state index >= 15 is 0 Å². The molecule has 0 bridgehead atoms. The maximum atomic E-state index is 13.4. The van der Waals surface area contributed by atoms with E-state index in [1.54, 1.807) is 12.3 Å². The number of likely N-dealkylation sites (tertiary alicyclic amines) is 1. The highest BCUT2D eigenvalue weighted by atomic mass is 19.1. The number of rotatable bonds is 2. The maximum Gasteiger partial charge on any atom is 0.141 e. The molecule has 0 amide bonds. The number of hydrogen-bond acceptors (Lipinski definition) is 3. The third-order valence-electron chi connectivity index (χ3n) is 5.01. The van der Waals surface area contributed by atoms with Crippen molar-refractivity contribution in [3.63, 3.8) is 0 Å². The summed E-state index contributed by atoms with van der Waals surface area (Å²) in [7, 11) is 0. The predicted molar refractivity (Wildman–Crippen MR) is 78.0 cm³/mol. The van der Waals surface area contributed by atoms with Crippen LogP contribution in [0.25, 0.3) is 0 Å². The fourth-order valence-electron chi connectivity index (χ4n) is 3.82. The first-order valence-electron chi connectivity index (χ1n) is 7.74. The van der Waals surface area contributed by atoms with Gasteiger partial charge in [-0.05, 0) is 62.7 Å². The van der Waals surface area contributed by atoms with E-state index in [0.717, 1.165) is 31.7 Å². The molecule has 4 heteroatoms. The van der Waals surface area contributed by atoms with Crippen LogP contribution < -0.4 is 5.32 Å². The Balaban J connectivity index is 1.73. The molecule has 0 aromatic carbocycles. The standard InChI is InChI=1S/C16H24FN3/c1-13(14-8-15(17)10-19-9-14)20-7-3-5-16(12-20)4-2-6-18-11-16/h8-10,13,18H,2-7,11-12H2,1H3. The highest BCUT2D eigenvalue weighted by Gasteiger charge is 2.37. The summed E-state index contributed by atoms with van der Waals surface area (Å²) in [6.45, 7) is 6.70. The van der Waals surface area contributed by atoms with Gasteiger partial charge in [0.2, 0.25) is 0 Å². The largest absolute Gasteiger partial charge is 0.316 e. The van der Waals surface area contributed by atoms with Crippen LogP contribution in [0, 0.1) is 11.2 Å². The van der Waals surface area contributed by atoms with Crippen molar-refractivity contribution in [2.75, 3.05) is 26.2 Å². The van der Waals surface area contributed by atoms with Gasteiger partial charge in [-0.15, -0.1) is 0 Å². The first-order valence-corrected chi connectivity index (χ1v) is 7.74. The Morgan fingerprint density at radius 2 is 2.20 bits per heavy atom. The first-order chi connectivity index (χ1) is 9.69. The number of aromatic nitrogens is 1. The monoisotopic (exact) mass is 277 g/mol. The lowest BCUT2D eigenvalue weighted by Crippen LogP contribution is -2.51. The van der Waals surface area contributed by atoms with Crippen molar-refractivity contribution in [1.82, 2.24) is 15.2 Å². The Kier molecular flexibility index (Phi) is 4.03. The molecule has 0 radical (unpaired) electrons. The quantitative estimate of drug-likeness (QED) is 0.901. The molecule has 0 aliphatic carbocycles. The minimum atomic E-state index is -0.236. The Bertz CT molecular complexity index is 451. The molecule has 20 heavy (non-hydrogen) atoms. The third kappa shape index (κ3) is 2.86. The molecular formula is C16H24FN3. The average Bonchev–Trinajstić information content (AvgIpc) is 2.47. The predicted octanol–water partition coefficient (Wildman–Crippen LogP) is 2.75. The molecule has 1 aromatic heterocycles. The van der Waals surface area contributed by atoms with E-state index in [2.05, 4.69) is 22.1 Å². The Hall–Kier alpha value is -1.00. The second kappa shape index (κ2) is 5.78. The zero-order valence-corrected chi connectivity index (χ0v) is 12.2. The van der Waals surface area contributed by atoms with Crippen LogP contribution in [0.2, 0.25) is 0 Å². The lowest BCUT2D eigenvalue weighted by Gasteiger charge is -2.47. The van der Waals surface area contributed by atoms with Gasteiger partial charge in [0.05, 0.1) is 6.20 Å². The van der Waals surface area contributed by atoms with Crippen LogP contribution in [-0.4, -0.2) is 36.1 Å². The summed E-state index contributed by atoms with van der Waals surface area (Å²) in [5.41, 5.74) is 1.43. The van der Waals surface area contributed by atoms with Gasteiger partial charge in [-0.1, -0.05) is 0 Å². The van der Waals surface area contributed by atoms with Gasteiger partial charge in [-0.25, -0.2) is 4.39 Å². The fraction of sp³-hybridized carbons (Fsp3) is 0.688. The molecule has 1 aromatic rings. The van der Waals surface area contributed by atoms with Crippen molar-refractivity contribution in [1.29, 1.82) is 0 Å². The summed E-state index contributed by atoms with van der Waals surface area (Å²) in [4.78, 5) is 6.50. The number of pyridine rings is 1. The van der Waals surface area contributed by atoms with Crippen molar-refractivity contribution in [2.24, 2.45) is 5.41 Å². The van der Waals surface area contributed by atoms with E-state index in [1.165, 1.54) is 31.9 Å². The van der Waals surface area contributed by atoms with Crippen molar-refractivity contribution in [2.45, 2.75) is 38.6 Å². The topological polar surface area (TPSA) is 28.2 Å². The van der Waals surface area contributed by atoms with Crippen molar-refractivity contribution < 1.29 is 4.39 Å². The molecule has 2 aliphatic heterocycles. The van der Waals surface area contributed by atoms with E-state index in [0.29, 0.717) is 5.41 Å². The van der Waals surface area contributed by atoms with Crippen molar-refractivity contribution >= 4 is 0 Å². The SMILES string of the molecule is CC(c1cncc(F)c1)N1CCCC2(CCCNC2)C1. The molecule has 2 unspecified atom stereocenters. The summed E-state index contributed by atoms with van der Waals surface area (Å²) in [6.07, 6.45) is 8.25. The van der Waals surface area contributed by atoms with Crippen LogP contribution in [0.4, 0.5) is 4.39 Å². The Morgan fingerprint density at radius 3 is 2.95 bits per heavy atom. The van der Waals surface area contributed by atoms with Gasteiger partial charge in [0.25, 0.3) is 0 Å². The lowest BCUT2D eigenvalue weighted by atomic mass is 9.74. The Morgan fingerprint density at radius 1 is 1.35 bits per heavy atom. The van der Waals surface area contributed by atoms with Crippen molar-refractivity contribution in [3.8, 4) is 0 Å². The molecular weight excluding hydrogens is 253 g/mol. The molecule has 3 heterocycles. The second-order valence-electron chi connectivity index (χ2n) is 6.47. The minimum Gasteiger partial charge on any atom is -0.316 e. The molecule has 110 valence electrons. The summed E-state index contributed by atoms with van der Waals surface area (Å²) in [5.74, 6) is -0.236. The first kappa shape index (κ1) is 14.0. The molecule has 0 saturated carbocycles. The summed E-state index contributed by atoms with van der Waals surface area (Å²) < 4.78 is 13.4. The molecule has 2 saturated heterocycles. The van der Waals surface area contributed by atoms with Crippen molar-refractivity contribution in [3.05, 3.63) is 29.8 Å². The fourth-order valence-corrected chi connectivity index (χ4v) is 3.82. The Labute approximate surface area is 120 Å². The maximum absolute atomic E-state index is 13.4. The molecule has 2 fully saturated rings. The highest BCUT2D eigenvalue weighted by Crippen LogP contribution is 2.38. The van der Waals surface area contributed by atoms with Gasteiger partial charge in [0.1, 0.15) is 5.82 Å². The zero-order chi connectivity index (χ0) is 14.0. The normalized spacial score (nSPS) is 29.5. The number of nitrogens with one attached hydrogen (secondary N) is 1. The molecule has 3 nitrogen and oxygen atoms in total. The second-order valence-corrected chi connectivity index (χ2v) is 6.47. The molecule has 1 spiro atoms. The van der Waals surface area contributed by atoms with Crippen LogP contribution >= 0.6 is 0 Å². The van der Waals surface area contributed by atoms with Crippen LogP contribution in [0.3, 0.4) is 0 Å². The van der Waals surface area contributed by atoms with E-state index in [-0.39, 0.29) is 11.9 Å². The molecule has 2 atom stereocenters. The molecule has 2 aliphatic rings. The third-order valence-corrected chi connectivity index (χ3v) is 5.01. The van der Waals surface area contributed by atoms with Crippen LogP contribution in [0.1, 0.15) is 44.2 Å². The van der Waals surface area contributed by atoms with Gasteiger partial charge in [0.15, 0.2) is 0 Å². The van der Waals surface area contributed by atoms with Crippen LogP contribution in [0.5, 0.6) is 0 Å². The van der Waals surface area contributed by atoms with Gasteiger partial charge in [0, 0.05) is 25.3 Å². The van der Waals surface area contributed by atoms with E-state index in [9.17, 15) is 4.39 Å². The number of hydrogen-bond donors (Lipinski definition) is 1. The van der Waals surface area contributed by atoms with Crippen LogP contribution in [-0.2, 0) is 0 Å². The highest BCUT2D eigenvalue weighted by molar-refractivity contribution is 5.15. The summed E-state index contributed by atoms with van der Waals surface area (Å²) in [6, 6.07) is 1.87. The number of nitrogens with zero attached hydrogens (tertiary/aromatic N) is 2.